The summed E-state index contributed by atoms with van der Waals surface area (Å²) in [4.78, 5) is 17.2. The lowest BCUT2D eigenvalue weighted by atomic mass is 10.1. The van der Waals surface area contributed by atoms with Gasteiger partial charge in [-0.2, -0.15) is 0 Å². The Hall–Kier alpha value is -1.55. The van der Waals surface area contributed by atoms with Gasteiger partial charge < -0.3 is 14.5 Å². The number of methoxy groups -OCH3 is 1. The molecule has 21 heavy (non-hydrogen) atoms. The average Bonchev–Trinajstić information content (AvgIpc) is 3.18. The monoisotopic (exact) mass is 288 g/mol. The van der Waals surface area contributed by atoms with Crippen LogP contribution < -0.4 is 4.90 Å². The summed E-state index contributed by atoms with van der Waals surface area (Å²) >= 11 is 0. The molecule has 2 saturated heterocycles. The third-order valence-electron chi connectivity index (χ3n) is 4.56. The Kier molecular flexibility index (Phi) is 4.44. The Balaban J connectivity index is 1.76. The minimum Gasteiger partial charge on any atom is -0.384 e. The normalized spacial score (nSPS) is 22.0. The molecule has 2 fully saturated rings. The highest BCUT2D eigenvalue weighted by Crippen LogP contribution is 2.27. The first-order valence-corrected chi connectivity index (χ1v) is 7.92. The first-order valence-electron chi connectivity index (χ1n) is 7.92. The highest BCUT2D eigenvalue weighted by atomic mass is 16.5. The fraction of sp³-hybridized carbons (Fsp3) is 0.588. The molecule has 2 heterocycles. The molecular formula is C17H24N2O2. The van der Waals surface area contributed by atoms with Gasteiger partial charge in [-0.05, 0) is 31.4 Å². The third kappa shape index (κ3) is 3.05. The number of nitrogens with zero attached hydrogens (tertiary/aromatic N) is 2. The van der Waals surface area contributed by atoms with Crippen LogP contribution in [0.5, 0.6) is 0 Å². The molecule has 114 valence electrons. The Morgan fingerprint density at radius 2 is 2.00 bits per heavy atom. The smallest absolute Gasteiger partial charge is 0.255 e. The molecule has 1 aromatic carbocycles. The minimum absolute atomic E-state index is 0.177. The standard InChI is InChI=1S/C17H24N2O2/c1-21-13-14-8-11-19(12-14)17(20)15-6-2-3-7-16(15)18-9-4-5-10-18/h2-3,6-7,14H,4-5,8-13H2,1H3/t14-/m0/s1. The van der Waals surface area contributed by atoms with Gasteiger partial charge >= 0.3 is 0 Å². The summed E-state index contributed by atoms with van der Waals surface area (Å²) in [5, 5.41) is 0. The number of rotatable bonds is 4. The van der Waals surface area contributed by atoms with Gasteiger partial charge in [0.1, 0.15) is 0 Å². The summed E-state index contributed by atoms with van der Waals surface area (Å²) in [6.45, 7) is 4.55. The quantitative estimate of drug-likeness (QED) is 0.853. The molecule has 0 N–H and O–H groups in total. The first kappa shape index (κ1) is 14.4. The third-order valence-corrected chi connectivity index (χ3v) is 4.56. The van der Waals surface area contributed by atoms with Crippen molar-refractivity contribution >= 4 is 11.6 Å². The van der Waals surface area contributed by atoms with Crippen molar-refractivity contribution in [2.24, 2.45) is 5.92 Å². The SMILES string of the molecule is COC[C@H]1CCN(C(=O)c2ccccc2N2CCCC2)C1. The molecule has 4 heteroatoms. The molecule has 0 aliphatic carbocycles. The van der Waals surface area contributed by atoms with E-state index in [1.54, 1.807) is 7.11 Å². The predicted octanol–water partition coefficient (Wildman–Crippen LogP) is 2.40. The van der Waals surface area contributed by atoms with Crippen LogP contribution in [0.4, 0.5) is 5.69 Å². The van der Waals surface area contributed by atoms with E-state index in [2.05, 4.69) is 11.0 Å². The molecule has 0 unspecified atom stereocenters. The van der Waals surface area contributed by atoms with E-state index in [0.29, 0.717) is 5.92 Å². The number of carbonyl (C=O) groups is 1. The summed E-state index contributed by atoms with van der Waals surface area (Å²) in [6, 6.07) is 8.05. The topological polar surface area (TPSA) is 32.8 Å². The van der Waals surface area contributed by atoms with Crippen molar-refractivity contribution in [1.29, 1.82) is 0 Å². The van der Waals surface area contributed by atoms with Gasteiger partial charge in [-0.3, -0.25) is 4.79 Å². The van der Waals surface area contributed by atoms with Gasteiger partial charge in [-0.25, -0.2) is 0 Å². The van der Waals surface area contributed by atoms with Gasteiger partial charge in [-0.1, -0.05) is 12.1 Å². The molecule has 0 saturated carbocycles. The van der Waals surface area contributed by atoms with Crippen LogP contribution in [0.1, 0.15) is 29.6 Å². The van der Waals surface area contributed by atoms with Crippen molar-refractivity contribution in [3.63, 3.8) is 0 Å². The number of carbonyl (C=O) groups excluding carboxylic acids is 1. The average molecular weight is 288 g/mol. The maximum Gasteiger partial charge on any atom is 0.255 e. The summed E-state index contributed by atoms with van der Waals surface area (Å²) in [5.74, 6) is 0.661. The Morgan fingerprint density at radius 3 is 2.76 bits per heavy atom. The van der Waals surface area contributed by atoms with Crippen LogP contribution in [0.2, 0.25) is 0 Å². The summed E-state index contributed by atoms with van der Waals surface area (Å²) in [6.07, 6.45) is 3.50. The van der Waals surface area contributed by atoms with Gasteiger partial charge in [0.2, 0.25) is 0 Å². The molecular weight excluding hydrogens is 264 g/mol. The summed E-state index contributed by atoms with van der Waals surface area (Å²) < 4.78 is 5.22. The number of hydrogen-bond acceptors (Lipinski definition) is 3. The molecule has 0 bridgehead atoms. The zero-order valence-electron chi connectivity index (χ0n) is 12.8. The lowest BCUT2D eigenvalue weighted by Crippen LogP contribution is -2.31. The van der Waals surface area contributed by atoms with Crippen molar-refractivity contribution in [2.75, 3.05) is 44.8 Å². The van der Waals surface area contributed by atoms with E-state index in [-0.39, 0.29) is 5.91 Å². The van der Waals surface area contributed by atoms with E-state index in [0.717, 1.165) is 50.5 Å². The van der Waals surface area contributed by atoms with Crippen molar-refractivity contribution in [3.8, 4) is 0 Å². The number of likely N-dealkylation sites (tertiary alicyclic amines) is 1. The van der Waals surface area contributed by atoms with Gasteiger partial charge in [0.05, 0.1) is 12.2 Å². The van der Waals surface area contributed by atoms with Crippen molar-refractivity contribution < 1.29 is 9.53 Å². The number of amides is 1. The molecule has 0 radical (unpaired) electrons. The molecule has 2 aliphatic rings. The van der Waals surface area contributed by atoms with Crippen molar-refractivity contribution in [3.05, 3.63) is 29.8 Å². The van der Waals surface area contributed by atoms with E-state index in [9.17, 15) is 4.79 Å². The zero-order chi connectivity index (χ0) is 14.7. The van der Waals surface area contributed by atoms with E-state index < -0.39 is 0 Å². The molecule has 1 atom stereocenters. The molecule has 2 aliphatic heterocycles. The second-order valence-electron chi connectivity index (χ2n) is 6.07. The maximum atomic E-state index is 12.8. The van der Waals surface area contributed by atoms with Crippen LogP contribution in [0.3, 0.4) is 0 Å². The Labute approximate surface area is 126 Å². The van der Waals surface area contributed by atoms with Crippen molar-refractivity contribution in [2.45, 2.75) is 19.3 Å². The van der Waals surface area contributed by atoms with Crippen LogP contribution in [0, 0.1) is 5.92 Å². The lowest BCUT2D eigenvalue weighted by molar-refractivity contribution is 0.0776. The maximum absolute atomic E-state index is 12.8. The largest absolute Gasteiger partial charge is 0.384 e. The number of ether oxygens (including phenoxy) is 1. The lowest BCUT2D eigenvalue weighted by Gasteiger charge is -2.24. The number of para-hydroxylation sites is 1. The first-order chi connectivity index (χ1) is 10.3. The Morgan fingerprint density at radius 1 is 1.24 bits per heavy atom. The fourth-order valence-electron chi connectivity index (χ4n) is 3.45. The van der Waals surface area contributed by atoms with Crippen molar-refractivity contribution in [1.82, 2.24) is 4.90 Å². The van der Waals surface area contributed by atoms with Crippen LogP contribution in [0.25, 0.3) is 0 Å². The van der Waals surface area contributed by atoms with E-state index >= 15 is 0 Å². The number of hydrogen-bond donors (Lipinski definition) is 0. The van der Waals surface area contributed by atoms with Gasteiger partial charge in [0.15, 0.2) is 0 Å². The van der Waals surface area contributed by atoms with Gasteiger partial charge in [0.25, 0.3) is 5.91 Å². The van der Waals surface area contributed by atoms with E-state index in [1.807, 2.05) is 23.1 Å². The van der Waals surface area contributed by atoms with E-state index in [1.165, 1.54) is 12.8 Å². The second-order valence-corrected chi connectivity index (χ2v) is 6.07. The molecule has 4 nitrogen and oxygen atoms in total. The number of anilines is 1. The minimum atomic E-state index is 0.177. The van der Waals surface area contributed by atoms with Crippen LogP contribution in [-0.2, 0) is 4.74 Å². The highest BCUT2D eigenvalue weighted by molar-refractivity contribution is 6.00. The molecule has 0 spiro atoms. The second kappa shape index (κ2) is 6.48. The fourth-order valence-corrected chi connectivity index (χ4v) is 3.45. The summed E-state index contributed by atoms with van der Waals surface area (Å²) in [7, 11) is 1.73. The Bertz CT molecular complexity index is 497. The van der Waals surface area contributed by atoms with Crippen LogP contribution >= 0.6 is 0 Å². The molecule has 3 rings (SSSR count). The van der Waals surface area contributed by atoms with Crippen LogP contribution in [-0.4, -0.2) is 50.7 Å². The van der Waals surface area contributed by atoms with Crippen LogP contribution in [0.15, 0.2) is 24.3 Å². The molecule has 1 aromatic rings. The van der Waals surface area contributed by atoms with E-state index in [4.69, 9.17) is 4.74 Å². The number of benzene rings is 1. The molecule has 0 aromatic heterocycles. The van der Waals surface area contributed by atoms with Gasteiger partial charge in [0, 0.05) is 44.9 Å². The summed E-state index contributed by atoms with van der Waals surface area (Å²) in [5.41, 5.74) is 1.97. The predicted molar refractivity (Wildman–Crippen MR) is 83.8 cm³/mol. The zero-order valence-corrected chi connectivity index (χ0v) is 12.8. The van der Waals surface area contributed by atoms with Gasteiger partial charge in [-0.15, -0.1) is 0 Å². The molecule has 1 amide bonds. The highest BCUT2D eigenvalue weighted by Gasteiger charge is 2.29.